The molecule has 1 aliphatic rings. The molecule has 0 bridgehead atoms. The van der Waals surface area contributed by atoms with Crippen molar-refractivity contribution in [3.05, 3.63) is 58.1 Å². The number of anilines is 2. The molecule has 2 aromatic carbocycles. The van der Waals surface area contributed by atoms with Gasteiger partial charge in [-0.3, -0.25) is 4.79 Å². The Bertz CT molecular complexity index is 735. The molecule has 0 radical (unpaired) electrons. The van der Waals surface area contributed by atoms with Gasteiger partial charge in [-0.1, -0.05) is 34.9 Å². The predicted molar refractivity (Wildman–Crippen MR) is 98.4 cm³/mol. The van der Waals surface area contributed by atoms with Crippen LogP contribution in [0, 0.1) is 13.8 Å². The van der Waals surface area contributed by atoms with Gasteiger partial charge in [-0.25, -0.2) is 0 Å². The molecular weight excluding hydrogens is 324 g/mol. The van der Waals surface area contributed by atoms with E-state index < -0.39 is 0 Å². The van der Waals surface area contributed by atoms with Crippen molar-refractivity contribution >= 4 is 28.9 Å². The number of halogens is 1. The molecule has 2 aromatic rings. The first-order valence-electron chi connectivity index (χ1n) is 8.05. The molecule has 126 valence electrons. The normalized spacial score (nSPS) is 14.5. The van der Waals surface area contributed by atoms with Crippen LogP contribution in [0.5, 0.6) is 0 Å². The Morgan fingerprint density at radius 2 is 1.79 bits per heavy atom. The van der Waals surface area contributed by atoms with Gasteiger partial charge in [-0.2, -0.15) is 0 Å². The maximum Gasteiger partial charge on any atom is 0.255 e. The summed E-state index contributed by atoms with van der Waals surface area (Å²) in [6.45, 7) is 6.82. The fourth-order valence-electron chi connectivity index (χ4n) is 3.02. The number of carbonyl (C=O) groups is 1. The fraction of sp³-hybridized carbons (Fsp3) is 0.316. The zero-order valence-corrected chi connectivity index (χ0v) is 14.7. The van der Waals surface area contributed by atoms with Crippen LogP contribution in [0.25, 0.3) is 0 Å². The summed E-state index contributed by atoms with van der Waals surface area (Å²) in [6, 6.07) is 11.4. The van der Waals surface area contributed by atoms with E-state index in [0.717, 1.165) is 35.6 Å². The number of carbonyl (C=O) groups excluding carboxylic acids is 1. The lowest BCUT2D eigenvalue weighted by Gasteiger charge is -2.31. The van der Waals surface area contributed by atoms with Crippen molar-refractivity contribution in [2.45, 2.75) is 13.8 Å². The van der Waals surface area contributed by atoms with Crippen molar-refractivity contribution in [1.29, 1.82) is 0 Å². The molecule has 0 aliphatic carbocycles. The van der Waals surface area contributed by atoms with E-state index in [2.05, 4.69) is 16.3 Å². The predicted octanol–water partition coefficient (Wildman–Crippen LogP) is 4.05. The Balaban J connectivity index is 1.89. The minimum absolute atomic E-state index is 0.126. The van der Waals surface area contributed by atoms with Gasteiger partial charge in [0.05, 0.1) is 29.6 Å². The van der Waals surface area contributed by atoms with E-state index in [-0.39, 0.29) is 5.91 Å². The molecule has 1 heterocycles. The molecular formula is C19H21ClN2O2. The number of nitrogens with zero attached hydrogens (tertiary/aromatic N) is 1. The van der Waals surface area contributed by atoms with E-state index in [1.54, 1.807) is 0 Å². The highest BCUT2D eigenvalue weighted by atomic mass is 35.5. The Hall–Kier alpha value is -2.04. The average molecular weight is 345 g/mol. The SMILES string of the molecule is Cc1cc(C)cc(C(=O)Nc2cccc(Cl)c2N2CCOCC2)c1. The second-order valence-corrected chi connectivity index (χ2v) is 6.47. The largest absolute Gasteiger partial charge is 0.378 e. The number of hydrogen-bond acceptors (Lipinski definition) is 3. The van der Waals surface area contributed by atoms with E-state index in [0.29, 0.717) is 23.8 Å². The van der Waals surface area contributed by atoms with Gasteiger partial charge in [0, 0.05) is 18.7 Å². The molecule has 5 heteroatoms. The van der Waals surface area contributed by atoms with Crippen molar-refractivity contribution in [3.63, 3.8) is 0 Å². The summed E-state index contributed by atoms with van der Waals surface area (Å²) in [5.41, 5.74) is 4.38. The molecule has 1 amide bonds. The van der Waals surface area contributed by atoms with Gasteiger partial charge in [0.2, 0.25) is 0 Å². The van der Waals surface area contributed by atoms with Crippen molar-refractivity contribution in [3.8, 4) is 0 Å². The fourth-order valence-corrected chi connectivity index (χ4v) is 3.32. The second-order valence-electron chi connectivity index (χ2n) is 6.07. The third-order valence-corrected chi connectivity index (χ3v) is 4.35. The minimum Gasteiger partial charge on any atom is -0.378 e. The van der Waals surface area contributed by atoms with E-state index in [1.807, 2.05) is 44.2 Å². The molecule has 0 aromatic heterocycles. The molecule has 0 spiro atoms. The maximum atomic E-state index is 12.7. The van der Waals surface area contributed by atoms with Crippen LogP contribution in [-0.4, -0.2) is 32.2 Å². The Labute approximate surface area is 147 Å². The monoisotopic (exact) mass is 344 g/mol. The van der Waals surface area contributed by atoms with Gasteiger partial charge >= 0.3 is 0 Å². The molecule has 24 heavy (non-hydrogen) atoms. The highest BCUT2D eigenvalue weighted by Crippen LogP contribution is 2.34. The number of para-hydroxylation sites is 1. The number of ether oxygens (including phenoxy) is 1. The highest BCUT2D eigenvalue weighted by Gasteiger charge is 2.19. The highest BCUT2D eigenvalue weighted by molar-refractivity contribution is 6.34. The standard InChI is InChI=1S/C19H21ClN2O2/c1-13-10-14(2)12-15(11-13)19(23)21-17-5-3-4-16(20)18(17)22-6-8-24-9-7-22/h3-5,10-12H,6-9H2,1-2H3,(H,21,23). The molecule has 1 fully saturated rings. The van der Waals surface area contributed by atoms with E-state index in [9.17, 15) is 4.79 Å². The van der Waals surface area contributed by atoms with E-state index in [4.69, 9.17) is 16.3 Å². The van der Waals surface area contributed by atoms with Crippen LogP contribution >= 0.6 is 11.6 Å². The number of benzene rings is 2. The molecule has 4 nitrogen and oxygen atoms in total. The molecule has 0 saturated carbocycles. The van der Waals surface area contributed by atoms with Gasteiger partial charge in [-0.05, 0) is 38.1 Å². The molecule has 1 N–H and O–H groups in total. The van der Waals surface area contributed by atoms with Crippen molar-refractivity contribution in [1.82, 2.24) is 0 Å². The van der Waals surface area contributed by atoms with Gasteiger partial charge in [0.1, 0.15) is 0 Å². The van der Waals surface area contributed by atoms with E-state index in [1.165, 1.54) is 0 Å². The van der Waals surface area contributed by atoms with Gasteiger partial charge < -0.3 is 15.0 Å². The van der Waals surface area contributed by atoms with Crippen LogP contribution in [0.4, 0.5) is 11.4 Å². The van der Waals surface area contributed by atoms with Crippen LogP contribution in [0.1, 0.15) is 21.5 Å². The third kappa shape index (κ3) is 3.71. The zero-order valence-electron chi connectivity index (χ0n) is 13.9. The first-order valence-corrected chi connectivity index (χ1v) is 8.43. The number of nitrogens with one attached hydrogen (secondary N) is 1. The van der Waals surface area contributed by atoms with Crippen LogP contribution in [0.15, 0.2) is 36.4 Å². The number of amides is 1. The summed E-state index contributed by atoms with van der Waals surface area (Å²) in [5.74, 6) is -0.126. The number of aryl methyl sites for hydroxylation is 2. The summed E-state index contributed by atoms with van der Waals surface area (Å²) in [5, 5.41) is 3.65. The molecule has 1 saturated heterocycles. The lowest BCUT2D eigenvalue weighted by Crippen LogP contribution is -2.37. The van der Waals surface area contributed by atoms with E-state index >= 15 is 0 Å². The van der Waals surface area contributed by atoms with Gasteiger partial charge in [0.25, 0.3) is 5.91 Å². The van der Waals surface area contributed by atoms with Crippen LogP contribution in [-0.2, 0) is 4.74 Å². The minimum atomic E-state index is -0.126. The molecule has 0 atom stereocenters. The summed E-state index contributed by atoms with van der Waals surface area (Å²) in [4.78, 5) is 14.8. The third-order valence-electron chi connectivity index (χ3n) is 4.05. The van der Waals surface area contributed by atoms with Crippen LogP contribution in [0.2, 0.25) is 5.02 Å². The van der Waals surface area contributed by atoms with Crippen molar-refractivity contribution < 1.29 is 9.53 Å². The summed E-state index contributed by atoms with van der Waals surface area (Å²) < 4.78 is 5.41. The summed E-state index contributed by atoms with van der Waals surface area (Å²) >= 11 is 6.41. The molecule has 3 rings (SSSR count). The number of rotatable bonds is 3. The number of morpholine rings is 1. The zero-order chi connectivity index (χ0) is 17.1. The number of hydrogen-bond donors (Lipinski definition) is 1. The Kier molecular flexibility index (Phi) is 5.07. The smallest absolute Gasteiger partial charge is 0.255 e. The summed E-state index contributed by atoms with van der Waals surface area (Å²) in [7, 11) is 0. The summed E-state index contributed by atoms with van der Waals surface area (Å²) in [6.07, 6.45) is 0. The lowest BCUT2D eigenvalue weighted by atomic mass is 10.1. The van der Waals surface area contributed by atoms with Gasteiger partial charge in [-0.15, -0.1) is 0 Å². The average Bonchev–Trinajstić information content (AvgIpc) is 2.55. The maximum absolute atomic E-state index is 12.7. The first kappa shape index (κ1) is 16.8. The topological polar surface area (TPSA) is 41.6 Å². The van der Waals surface area contributed by atoms with Crippen LogP contribution < -0.4 is 10.2 Å². The first-order chi connectivity index (χ1) is 11.5. The lowest BCUT2D eigenvalue weighted by molar-refractivity contribution is 0.102. The van der Waals surface area contributed by atoms with Crippen LogP contribution in [0.3, 0.4) is 0 Å². The molecule has 1 aliphatic heterocycles. The molecule has 0 unspecified atom stereocenters. The van der Waals surface area contributed by atoms with Gasteiger partial charge in [0.15, 0.2) is 0 Å². The second kappa shape index (κ2) is 7.24. The quantitative estimate of drug-likeness (QED) is 0.913. The van der Waals surface area contributed by atoms with Crippen molar-refractivity contribution in [2.24, 2.45) is 0 Å². The Morgan fingerprint density at radius 3 is 2.46 bits per heavy atom. The van der Waals surface area contributed by atoms with Crippen molar-refractivity contribution in [2.75, 3.05) is 36.5 Å². The Morgan fingerprint density at radius 1 is 1.12 bits per heavy atom.